The molecule has 162 valence electrons. The van der Waals surface area contributed by atoms with Crippen molar-refractivity contribution in [3.8, 4) is 17.1 Å². The fourth-order valence-electron chi connectivity index (χ4n) is 3.21. The Balaban J connectivity index is 1.66. The third-order valence-corrected chi connectivity index (χ3v) is 5.03. The summed E-state index contributed by atoms with van der Waals surface area (Å²) < 4.78 is 11.7. The summed E-state index contributed by atoms with van der Waals surface area (Å²) in [4.78, 5) is 24.5. The first-order valence-electron chi connectivity index (χ1n) is 10.3. The van der Waals surface area contributed by atoms with Crippen LogP contribution in [0.2, 0.25) is 0 Å². The van der Waals surface area contributed by atoms with Crippen LogP contribution in [0, 0.1) is 5.92 Å². The lowest BCUT2D eigenvalue weighted by atomic mass is 10.0. The standard InChI is InChI=1S/C25H28N2O4/c1-16(2)23(25(29)26-4)27-24(28)22-15-14-21(31-22)19-10-12-20(13-11-19)30-17(3)18-8-6-5-7-9-18/h5-17,23H,1-4H3,(H,26,29)(H,27,28)/t17-,23+/m1/s1. The van der Waals surface area contributed by atoms with E-state index in [1.54, 1.807) is 19.2 Å². The Morgan fingerprint density at radius 3 is 2.19 bits per heavy atom. The highest BCUT2D eigenvalue weighted by atomic mass is 16.5. The average molecular weight is 421 g/mol. The molecule has 0 saturated heterocycles. The van der Waals surface area contributed by atoms with Crippen LogP contribution in [0.15, 0.2) is 71.1 Å². The largest absolute Gasteiger partial charge is 0.486 e. The lowest BCUT2D eigenvalue weighted by molar-refractivity contribution is -0.123. The van der Waals surface area contributed by atoms with E-state index < -0.39 is 11.9 Å². The maximum atomic E-state index is 12.5. The Morgan fingerprint density at radius 1 is 0.903 bits per heavy atom. The minimum absolute atomic E-state index is 0.0517. The zero-order valence-electron chi connectivity index (χ0n) is 18.2. The molecular weight excluding hydrogens is 392 g/mol. The molecule has 2 amide bonds. The minimum Gasteiger partial charge on any atom is -0.486 e. The number of carbonyl (C=O) groups is 2. The summed E-state index contributed by atoms with van der Waals surface area (Å²) in [6.45, 7) is 5.75. The SMILES string of the molecule is CNC(=O)[C@@H](NC(=O)c1ccc(-c2ccc(O[C@H](C)c3ccccc3)cc2)o1)C(C)C. The lowest BCUT2D eigenvalue weighted by Gasteiger charge is -2.19. The zero-order valence-corrected chi connectivity index (χ0v) is 18.2. The molecule has 2 N–H and O–H groups in total. The quantitative estimate of drug-likeness (QED) is 0.559. The van der Waals surface area contributed by atoms with Crippen molar-refractivity contribution >= 4 is 11.8 Å². The van der Waals surface area contributed by atoms with Gasteiger partial charge in [0.2, 0.25) is 5.91 Å². The molecule has 31 heavy (non-hydrogen) atoms. The Labute approximate surface area is 182 Å². The van der Waals surface area contributed by atoms with Crippen LogP contribution in [0.1, 0.15) is 43.0 Å². The highest BCUT2D eigenvalue weighted by molar-refractivity contribution is 5.96. The number of nitrogens with one attached hydrogen (secondary N) is 2. The Morgan fingerprint density at radius 2 is 1.58 bits per heavy atom. The van der Waals surface area contributed by atoms with E-state index in [9.17, 15) is 9.59 Å². The van der Waals surface area contributed by atoms with E-state index in [-0.39, 0.29) is 23.7 Å². The fourth-order valence-corrected chi connectivity index (χ4v) is 3.21. The second-order valence-electron chi connectivity index (χ2n) is 7.67. The molecular formula is C25H28N2O4. The maximum Gasteiger partial charge on any atom is 0.287 e. The van der Waals surface area contributed by atoms with Gasteiger partial charge in [0.1, 0.15) is 23.7 Å². The van der Waals surface area contributed by atoms with Crippen molar-refractivity contribution in [2.75, 3.05) is 7.05 Å². The van der Waals surface area contributed by atoms with Crippen molar-refractivity contribution in [1.29, 1.82) is 0 Å². The first kappa shape index (κ1) is 22.2. The molecule has 2 aromatic carbocycles. The van der Waals surface area contributed by atoms with Crippen molar-refractivity contribution in [3.63, 3.8) is 0 Å². The van der Waals surface area contributed by atoms with Crippen LogP contribution < -0.4 is 15.4 Å². The number of hydrogen-bond acceptors (Lipinski definition) is 4. The molecule has 1 aromatic heterocycles. The van der Waals surface area contributed by atoms with Gasteiger partial charge >= 0.3 is 0 Å². The predicted octanol–water partition coefficient (Wildman–Crippen LogP) is 4.59. The number of benzene rings is 2. The highest BCUT2D eigenvalue weighted by Crippen LogP contribution is 2.27. The van der Waals surface area contributed by atoms with E-state index in [2.05, 4.69) is 10.6 Å². The smallest absolute Gasteiger partial charge is 0.287 e. The van der Waals surface area contributed by atoms with Crippen LogP contribution >= 0.6 is 0 Å². The summed E-state index contributed by atoms with van der Waals surface area (Å²) in [6, 6.07) is 20.2. The van der Waals surface area contributed by atoms with E-state index in [4.69, 9.17) is 9.15 Å². The molecule has 3 rings (SSSR count). The number of rotatable bonds is 8. The van der Waals surface area contributed by atoms with Crippen molar-refractivity contribution < 1.29 is 18.7 Å². The van der Waals surface area contributed by atoms with Crippen LogP contribution in [-0.4, -0.2) is 24.9 Å². The van der Waals surface area contributed by atoms with Crippen LogP contribution in [0.25, 0.3) is 11.3 Å². The summed E-state index contributed by atoms with van der Waals surface area (Å²) in [5.74, 6) is 0.746. The Bertz CT molecular complexity index is 1010. The van der Waals surface area contributed by atoms with E-state index >= 15 is 0 Å². The van der Waals surface area contributed by atoms with Crippen LogP contribution in [0.5, 0.6) is 5.75 Å². The second kappa shape index (κ2) is 9.98. The number of hydrogen-bond donors (Lipinski definition) is 2. The van der Waals surface area contributed by atoms with Gasteiger partial charge in [-0.25, -0.2) is 0 Å². The number of amides is 2. The number of carbonyl (C=O) groups excluding carboxylic acids is 2. The van der Waals surface area contributed by atoms with Crippen molar-refractivity contribution in [2.45, 2.75) is 32.9 Å². The zero-order chi connectivity index (χ0) is 22.4. The Kier molecular flexibility index (Phi) is 7.13. The van der Waals surface area contributed by atoms with E-state index in [1.165, 1.54) is 0 Å². The fraction of sp³-hybridized carbons (Fsp3) is 0.280. The molecule has 0 spiro atoms. The van der Waals surface area contributed by atoms with Gasteiger partial charge in [-0.1, -0.05) is 44.2 Å². The van der Waals surface area contributed by atoms with Gasteiger partial charge in [-0.05, 0) is 54.8 Å². The monoisotopic (exact) mass is 420 g/mol. The van der Waals surface area contributed by atoms with E-state index in [0.717, 1.165) is 16.9 Å². The van der Waals surface area contributed by atoms with Crippen LogP contribution in [0.3, 0.4) is 0 Å². The third kappa shape index (κ3) is 5.54. The summed E-state index contributed by atoms with van der Waals surface area (Å²) >= 11 is 0. The van der Waals surface area contributed by atoms with Gasteiger partial charge in [-0.15, -0.1) is 0 Å². The second-order valence-corrected chi connectivity index (χ2v) is 7.67. The molecule has 6 nitrogen and oxygen atoms in total. The predicted molar refractivity (Wildman–Crippen MR) is 120 cm³/mol. The van der Waals surface area contributed by atoms with Crippen molar-refractivity contribution in [2.24, 2.45) is 5.92 Å². The molecule has 3 aromatic rings. The Hall–Kier alpha value is -3.54. The number of furan rings is 1. The van der Waals surface area contributed by atoms with Crippen molar-refractivity contribution in [1.82, 2.24) is 10.6 Å². The van der Waals surface area contributed by atoms with E-state index in [1.807, 2.05) is 75.4 Å². The summed E-state index contributed by atoms with van der Waals surface area (Å²) in [5, 5.41) is 5.30. The number of likely N-dealkylation sites (N-methyl/N-ethyl adjacent to an activating group) is 1. The summed E-state index contributed by atoms with van der Waals surface area (Å²) in [5.41, 5.74) is 1.93. The lowest BCUT2D eigenvalue weighted by Crippen LogP contribution is -2.48. The van der Waals surface area contributed by atoms with Gasteiger partial charge in [0.25, 0.3) is 5.91 Å². The maximum absolute atomic E-state index is 12.5. The number of ether oxygens (including phenoxy) is 1. The topological polar surface area (TPSA) is 80.6 Å². The molecule has 2 atom stereocenters. The van der Waals surface area contributed by atoms with Gasteiger partial charge in [0.05, 0.1) is 0 Å². The third-order valence-electron chi connectivity index (χ3n) is 5.03. The molecule has 6 heteroatoms. The molecule has 0 fully saturated rings. The first-order chi connectivity index (χ1) is 14.9. The molecule has 0 aliphatic heterocycles. The van der Waals surface area contributed by atoms with Gasteiger partial charge in [-0.3, -0.25) is 9.59 Å². The van der Waals surface area contributed by atoms with Gasteiger partial charge in [0, 0.05) is 12.6 Å². The minimum atomic E-state index is -0.630. The van der Waals surface area contributed by atoms with Crippen molar-refractivity contribution in [3.05, 3.63) is 78.1 Å². The molecule has 1 heterocycles. The average Bonchev–Trinajstić information content (AvgIpc) is 3.28. The summed E-state index contributed by atoms with van der Waals surface area (Å²) in [7, 11) is 1.54. The highest BCUT2D eigenvalue weighted by Gasteiger charge is 2.25. The molecule has 0 bridgehead atoms. The van der Waals surface area contributed by atoms with Gasteiger partial charge in [-0.2, -0.15) is 0 Å². The molecule has 0 saturated carbocycles. The van der Waals surface area contributed by atoms with Crippen LogP contribution in [0.4, 0.5) is 0 Å². The summed E-state index contributed by atoms with van der Waals surface area (Å²) in [6.07, 6.45) is -0.0693. The molecule has 0 unspecified atom stereocenters. The molecule has 0 aliphatic rings. The first-order valence-corrected chi connectivity index (χ1v) is 10.3. The van der Waals surface area contributed by atoms with E-state index in [0.29, 0.717) is 5.76 Å². The van der Waals surface area contributed by atoms with Gasteiger partial charge < -0.3 is 19.8 Å². The normalized spacial score (nSPS) is 12.8. The molecule has 0 aliphatic carbocycles. The molecule has 0 radical (unpaired) electrons. The van der Waals surface area contributed by atoms with Crippen LogP contribution in [-0.2, 0) is 4.79 Å². The van der Waals surface area contributed by atoms with Gasteiger partial charge in [0.15, 0.2) is 5.76 Å².